The predicted octanol–water partition coefficient (Wildman–Crippen LogP) is 3.67. The van der Waals surface area contributed by atoms with Gasteiger partial charge in [0.05, 0.1) is 0 Å². The molecule has 1 nitrogen and oxygen atoms in total. The van der Waals surface area contributed by atoms with E-state index >= 15 is 0 Å². The van der Waals surface area contributed by atoms with Gasteiger partial charge in [-0.05, 0) is 18.4 Å². The van der Waals surface area contributed by atoms with Gasteiger partial charge in [0.1, 0.15) is 0 Å². The second-order valence-electron chi connectivity index (χ2n) is 4.58. The second kappa shape index (κ2) is 6.27. The quantitative estimate of drug-likeness (QED) is 0.707. The van der Waals surface area contributed by atoms with E-state index in [0.717, 1.165) is 25.0 Å². The smallest absolute Gasteiger partial charge is 0.0351 e. The van der Waals surface area contributed by atoms with Crippen LogP contribution in [0.2, 0.25) is 0 Å². The molecular weight excluding hydrogens is 218 g/mol. The minimum Gasteiger partial charge on any atom is -0.295 e. The number of benzene rings is 1. The Morgan fingerprint density at radius 2 is 1.81 bits per heavy atom. The SMILES string of the molecule is ClCCN(Cc1ccccc1)C1CCCC1. The largest absolute Gasteiger partial charge is 0.295 e. The molecule has 2 heteroatoms. The van der Waals surface area contributed by atoms with Gasteiger partial charge >= 0.3 is 0 Å². The summed E-state index contributed by atoms with van der Waals surface area (Å²) < 4.78 is 0. The fourth-order valence-corrected chi connectivity index (χ4v) is 2.80. The van der Waals surface area contributed by atoms with Gasteiger partial charge < -0.3 is 0 Å². The summed E-state index contributed by atoms with van der Waals surface area (Å²) in [6, 6.07) is 11.5. The van der Waals surface area contributed by atoms with Crippen LogP contribution < -0.4 is 0 Å². The van der Waals surface area contributed by atoms with Crippen molar-refractivity contribution in [1.29, 1.82) is 0 Å². The van der Waals surface area contributed by atoms with Gasteiger partial charge in [-0.1, -0.05) is 43.2 Å². The third kappa shape index (κ3) is 3.23. The fraction of sp³-hybridized carbons (Fsp3) is 0.571. The highest BCUT2D eigenvalue weighted by Gasteiger charge is 2.21. The van der Waals surface area contributed by atoms with Crippen molar-refractivity contribution in [3.8, 4) is 0 Å². The number of rotatable bonds is 5. The molecule has 0 spiro atoms. The van der Waals surface area contributed by atoms with E-state index in [2.05, 4.69) is 35.2 Å². The first kappa shape index (κ1) is 11.9. The second-order valence-corrected chi connectivity index (χ2v) is 4.96. The van der Waals surface area contributed by atoms with Crippen molar-refractivity contribution in [3.63, 3.8) is 0 Å². The van der Waals surface area contributed by atoms with Crippen LogP contribution in [-0.4, -0.2) is 23.4 Å². The molecule has 0 aromatic heterocycles. The lowest BCUT2D eigenvalue weighted by Crippen LogP contribution is -2.34. The number of hydrogen-bond donors (Lipinski definition) is 0. The van der Waals surface area contributed by atoms with Crippen molar-refractivity contribution in [2.24, 2.45) is 0 Å². The van der Waals surface area contributed by atoms with E-state index in [0.29, 0.717) is 0 Å². The lowest BCUT2D eigenvalue weighted by atomic mass is 10.1. The summed E-state index contributed by atoms with van der Waals surface area (Å²) in [7, 11) is 0. The highest BCUT2D eigenvalue weighted by atomic mass is 35.5. The Balaban J connectivity index is 1.96. The molecule has 1 fully saturated rings. The van der Waals surface area contributed by atoms with Crippen LogP contribution >= 0.6 is 11.6 Å². The minimum atomic E-state index is 0.739. The Bertz CT molecular complexity index is 293. The zero-order valence-electron chi connectivity index (χ0n) is 9.74. The molecule has 0 atom stereocenters. The summed E-state index contributed by atoms with van der Waals surface area (Å²) in [6.07, 6.45) is 5.48. The van der Waals surface area contributed by atoms with Crippen LogP contribution in [0, 0.1) is 0 Å². The summed E-state index contributed by atoms with van der Waals surface area (Å²) in [5.74, 6) is 0.739. The molecule has 1 aromatic carbocycles. The summed E-state index contributed by atoms with van der Waals surface area (Å²) in [6.45, 7) is 2.07. The molecule has 88 valence electrons. The standard InChI is InChI=1S/C14H20ClN/c15-10-11-16(14-8-4-5-9-14)12-13-6-2-1-3-7-13/h1-3,6-7,14H,4-5,8-12H2. The van der Waals surface area contributed by atoms with Gasteiger partial charge in [0.2, 0.25) is 0 Å². The topological polar surface area (TPSA) is 3.24 Å². The number of alkyl halides is 1. The van der Waals surface area contributed by atoms with Crippen LogP contribution in [0.15, 0.2) is 30.3 Å². The van der Waals surface area contributed by atoms with E-state index in [-0.39, 0.29) is 0 Å². The molecule has 1 aromatic rings. The molecule has 0 aliphatic heterocycles. The predicted molar refractivity (Wildman–Crippen MR) is 69.8 cm³/mol. The lowest BCUT2D eigenvalue weighted by Gasteiger charge is -2.28. The van der Waals surface area contributed by atoms with Gasteiger partial charge in [-0.2, -0.15) is 0 Å². The molecule has 16 heavy (non-hydrogen) atoms. The number of halogens is 1. The molecule has 1 saturated carbocycles. The van der Waals surface area contributed by atoms with Crippen LogP contribution in [0.3, 0.4) is 0 Å². The minimum absolute atomic E-state index is 0.739. The lowest BCUT2D eigenvalue weighted by molar-refractivity contribution is 0.201. The van der Waals surface area contributed by atoms with Crippen molar-refractivity contribution >= 4 is 11.6 Å². The van der Waals surface area contributed by atoms with Crippen molar-refractivity contribution < 1.29 is 0 Å². The Hall–Kier alpha value is -0.530. The highest BCUT2D eigenvalue weighted by molar-refractivity contribution is 6.18. The Kier molecular flexibility index (Phi) is 4.68. The molecule has 0 radical (unpaired) electrons. The summed E-state index contributed by atoms with van der Waals surface area (Å²) >= 11 is 5.90. The molecule has 1 aliphatic carbocycles. The monoisotopic (exact) mass is 237 g/mol. The van der Waals surface area contributed by atoms with Crippen LogP contribution in [0.5, 0.6) is 0 Å². The third-order valence-corrected chi connectivity index (χ3v) is 3.61. The van der Waals surface area contributed by atoms with Crippen molar-refractivity contribution in [3.05, 3.63) is 35.9 Å². The fourth-order valence-electron chi connectivity index (χ4n) is 2.59. The molecule has 2 rings (SSSR count). The molecule has 0 N–H and O–H groups in total. The average Bonchev–Trinajstić information content (AvgIpc) is 2.83. The Labute approximate surface area is 103 Å². The number of hydrogen-bond acceptors (Lipinski definition) is 1. The van der Waals surface area contributed by atoms with Gasteiger partial charge in [0, 0.05) is 25.0 Å². The molecule has 0 heterocycles. The Morgan fingerprint density at radius 1 is 1.12 bits per heavy atom. The molecular formula is C14H20ClN. The molecule has 0 amide bonds. The first-order valence-electron chi connectivity index (χ1n) is 6.24. The van der Waals surface area contributed by atoms with Crippen LogP contribution in [-0.2, 0) is 6.54 Å². The maximum atomic E-state index is 5.90. The summed E-state index contributed by atoms with van der Waals surface area (Å²) in [5, 5.41) is 0. The normalized spacial score (nSPS) is 17.1. The number of nitrogens with zero attached hydrogens (tertiary/aromatic N) is 1. The third-order valence-electron chi connectivity index (χ3n) is 3.44. The van der Waals surface area contributed by atoms with Gasteiger partial charge in [-0.3, -0.25) is 4.90 Å². The van der Waals surface area contributed by atoms with E-state index in [9.17, 15) is 0 Å². The van der Waals surface area contributed by atoms with Crippen LogP contribution in [0.1, 0.15) is 31.2 Å². The average molecular weight is 238 g/mol. The maximum absolute atomic E-state index is 5.90. The van der Waals surface area contributed by atoms with Gasteiger partial charge in [0.25, 0.3) is 0 Å². The highest BCUT2D eigenvalue weighted by Crippen LogP contribution is 2.24. The van der Waals surface area contributed by atoms with E-state index in [1.165, 1.54) is 31.2 Å². The van der Waals surface area contributed by atoms with Crippen molar-refractivity contribution in [2.75, 3.05) is 12.4 Å². The van der Waals surface area contributed by atoms with E-state index < -0.39 is 0 Å². The summed E-state index contributed by atoms with van der Waals surface area (Å²) in [4.78, 5) is 2.55. The summed E-state index contributed by atoms with van der Waals surface area (Å²) in [5.41, 5.74) is 1.40. The van der Waals surface area contributed by atoms with Gasteiger partial charge in [-0.25, -0.2) is 0 Å². The molecule has 1 aliphatic rings. The van der Waals surface area contributed by atoms with E-state index in [4.69, 9.17) is 11.6 Å². The maximum Gasteiger partial charge on any atom is 0.0351 e. The van der Waals surface area contributed by atoms with Gasteiger partial charge in [-0.15, -0.1) is 11.6 Å². The zero-order chi connectivity index (χ0) is 11.2. The molecule has 0 saturated heterocycles. The molecule has 0 unspecified atom stereocenters. The van der Waals surface area contributed by atoms with E-state index in [1.807, 2.05) is 0 Å². The van der Waals surface area contributed by atoms with Crippen LogP contribution in [0.25, 0.3) is 0 Å². The Morgan fingerprint density at radius 3 is 2.44 bits per heavy atom. The molecule has 0 bridgehead atoms. The van der Waals surface area contributed by atoms with Crippen molar-refractivity contribution in [1.82, 2.24) is 4.90 Å². The van der Waals surface area contributed by atoms with Crippen molar-refractivity contribution in [2.45, 2.75) is 38.3 Å². The zero-order valence-corrected chi connectivity index (χ0v) is 10.5. The van der Waals surface area contributed by atoms with Crippen LogP contribution in [0.4, 0.5) is 0 Å². The first-order valence-corrected chi connectivity index (χ1v) is 6.77. The van der Waals surface area contributed by atoms with Gasteiger partial charge in [0.15, 0.2) is 0 Å². The first-order chi connectivity index (χ1) is 7.90. The van der Waals surface area contributed by atoms with E-state index in [1.54, 1.807) is 0 Å².